The lowest BCUT2D eigenvalue weighted by Gasteiger charge is -2.35. The van der Waals surface area contributed by atoms with Gasteiger partial charge in [-0.25, -0.2) is 14.5 Å². The number of aromatic nitrogens is 2. The summed E-state index contributed by atoms with van der Waals surface area (Å²) in [6, 6.07) is 0.925. The normalized spacial score (nSPS) is 24.2. The number of urea groups is 1. The number of aryl methyl sites for hydroxylation is 2. The lowest BCUT2D eigenvalue weighted by molar-refractivity contribution is -0.126. The molecule has 0 aliphatic carbocycles. The standard InChI is InChI=1S/C14H18N6O2/c1-5-6-19-10-11(18(4)14(22)16-12(10)21)15-13(19)20-9(3)7-8(2)17-20/h5,7,10-11H,1,6H2,2-4H3,(H,16,21,22). The van der Waals surface area contributed by atoms with Gasteiger partial charge in [0.1, 0.15) is 0 Å². The fraction of sp³-hybridized carbons (Fsp3) is 0.429. The quantitative estimate of drug-likeness (QED) is 0.784. The molecule has 1 fully saturated rings. The van der Waals surface area contributed by atoms with Gasteiger partial charge in [0.2, 0.25) is 5.96 Å². The lowest BCUT2D eigenvalue weighted by Crippen LogP contribution is -2.63. The molecule has 2 aliphatic heterocycles. The predicted molar refractivity (Wildman–Crippen MR) is 80.3 cm³/mol. The third-order valence-corrected chi connectivity index (χ3v) is 3.86. The molecule has 1 aromatic rings. The molecule has 1 saturated heterocycles. The third-order valence-electron chi connectivity index (χ3n) is 3.86. The number of hydrogen-bond acceptors (Lipinski definition) is 5. The molecule has 2 atom stereocenters. The average Bonchev–Trinajstić information content (AvgIpc) is 2.97. The van der Waals surface area contributed by atoms with Gasteiger partial charge in [-0.3, -0.25) is 10.1 Å². The van der Waals surface area contributed by atoms with Crippen LogP contribution < -0.4 is 5.32 Å². The van der Waals surface area contributed by atoms with Crippen LogP contribution in [0.5, 0.6) is 0 Å². The van der Waals surface area contributed by atoms with Crippen molar-refractivity contribution < 1.29 is 9.59 Å². The summed E-state index contributed by atoms with van der Waals surface area (Å²) in [5, 5.41) is 6.78. The number of likely N-dealkylation sites (N-methyl/N-ethyl adjacent to an activating group) is 1. The second kappa shape index (κ2) is 4.97. The highest BCUT2D eigenvalue weighted by atomic mass is 16.2. The maximum absolute atomic E-state index is 12.2. The molecule has 2 unspecified atom stereocenters. The van der Waals surface area contributed by atoms with Gasteiger partial charge in [-0.15, -0.1) is 6.58 Å². The van der Waals surface area contributed by atoms with Gasteiger partial charge in [0.25, 0.3) is 5.91 Å². The fourth-order valence-corrected chi connectivity index (χ4v) is 2.85. The van der Waals surface area contributed by atoms with Gasteiger partial charge in [0.05, 0.1) is 5.69 Å². The van der Waals surface area contributed by atoms with Gasteiger partial charge in [-0.1, -0.05) is 6.08 Å². The predicted octanol–water partition coefficient (Wildman–Crippen LogP) is 0.0819. The molecule has 0 bridgehead atoms. The van der Waals surface area contributed by atoms with E-state index in [-0.39, 0.29) is 5.91 Å². The summed E-state index contributed by atoms with van der Waals surface area (Å²) in [4.78, 5) is 31.9. The zero-order valence-corrected chi connectivity index (χ0v) is 12.8. The first-order valence-electron chi connectivity index (χ1n) is 7.00. The minimum absolute atomic E-state index is 0.352. The van der Waals surface area contributed by atoms with Crippen LogP contribution in [-0.2, 0) is 4.79 Å². The molecule has 1 aromatic heterocycles. The number of amides is 3. The van der Waals surface area contributed by atoms with Crippen molar-refractivity contribution in [2.45, 2.75) is 26.1 Å². The topological polar surface area (TPSA) is 82.8 Å². The molecule has 3 heterocycles. The molecule has 1 N–H and O–H groups in total. The second-order valence-corrected chi connectivity index (χ2v) is 5.47. The van der Waals surface area contributed by atoms with Crippen molar-refractivity contribution in [2.24, 2.45) is 4.99 Å². The van der Waals surface area contributed by atoms with Crippen LogP contribution in [0.1, 0.15) is 11.4 Å². The van der Waals surface area contributed by atoms with Crippen LogP contribution in [0.25, 0.3) is 0 Å². The molecule has 0 radical (unpaired) electrons. The summed E-state index contributed by atoms with van der Waals surface area (Å²) < 4.78 is 1.70. The van der Waals surface area contributed by atoms with Crippen LogP contribution in [0.15, 0.2) is 23.7 Å². The summed E-state index contributed by atoms with van der Waals surface area (Å²) in [7, 11) is 1.62. The highest BCUT2D eigenvalue weighted by molar-refractivity contribution is 6.04. The summed E-state index contributed by atoms with van der Waals surface area (Å²) in [5.74, 6) is 0.201. The maximum atomic E-state index is 12.2. The number of fused-ring (bicyclic) bond motifs is 1. The first-order valence-corrected chi connectivity index (χ1v) is 7.00. The smallest absolute Gasteiger partial charge is 0.321 e. The maximum Gasteiger partial charge on any atom is 0.325 e. The molecule has 0 saturated carbocycles. The van der Waals surface area contributed by atoms with Gasteiger partial charge in [0, 0.05) is 19.3 Å². The van der Waals surface area contributed by atoms with Crippen molar-refractivity contribution in [1.29, 1.82) is 0 Å². The van der Waals surface area contributed by atoms with Crippen LogP contribution in [0.4, 0.5) is 4.79 Å². The number of nitrogens with one attached hydrogen (secondary N) is 1. The molecule has 2 aliphatic rings. The number of carbonyl (C=O) groups excluding carboxylic acids is 2. The molecule has 8 heteroatoms. The minimum Gasteiger partial charge on any atom is -0.321 e. The molecule has 0 spiro atoms. The average molecular weight is 302 g/mol. The van der Waals surface area contributed by atoms with E-state index >= 15 is 0 Å². The number of rotatable bonds is 2. The Morgan fingerprint density at radius 3 is 2.73 bits per heavy atom. The molecular formula is C14H18N6O2. The summed E-state index contributed by atoms with van der Waals surface area (Å²) in [6.45, 7) is 7.99. The van der Waals surface area contributed by atoms with Crippen LogP contribution in [0, 0.1) is 13.8 Å². The van der Waals surface area contributed by atoms with E-state index in [1.165, 1.54) is 4.90 Å². The Balaban J connectivity index is 2.08. The largest absolute Gasteiger partial charge is 0.325 e. The van der Waals surface area contributed by atoms with Crippen LogP contribution in [0.3, 0.4) is 0 Å². The van der Waals surface area contributed by atoms with Crippen LogP contribution in [0.2, 0.25) is 0 Å². The van der Waals surface area contributed by atoms with Crippen molar-refractivity contribution >= 4 is 17.9 Å². The van der Waals surface area contributed by atoms with Gasteiger partial charge in [-0.2, -0.15) is 5.10 Å². The molecule has 8 nitrogen and oxygen atoms in total. The number of imide groups is 1. The van der Waals surface area contributed by atoms with E-state index in [2.05, 4.69) is 22.0 Å². The Morgan fingerprint density at radius 1 is 1.41 bits per heavy atom. The van der Waals surface area contributed by atoms with E-state index in [0.717, 1.165) is 11.4 Å². The Morgan fingerprint density at radius 2 is 2.14 bits per heavy atom. The van der Waals surface area contributed by atoms with E-state index in [1.54, 1.807) is 17.8 Å². The molecule has 116 valence electrons. The first-order chi connectivity index (χ1) is 10.4. The summed E-state index contributed by atoms with van der Waals surface area (Å²) >= 11 is 0. The van der Waals surface area contributed by atoms with E-state index in [4.69, 9.17) is 0 Å². The number of nitrogens with zero attached hydrogens (tertiary/aromatic N) is 5. The van der Waals surface area contributed by atoms with Crippen molar-refractivity contribution in [1.82, 2.24) is 24.9 Å². The van der Waals surface area contributed by atoms with Crippen molar-refractivity contribution in [3.05, 3.63) is 30.1 Å². The molecule has 3 rings (SSSR count). The summed E-state index contributed by atoms with van der Waals surface area (Å²) in [5.41, 5.74) is 1.78. The van der Waals surface area contributed by atoms with Crippen molar-refractivity contribution in [3.63, 3.8) is 0 Å². The monoisotopic (exact) mass is 302 g/mol. The van der Waals surface area contributed by atoms with Gasteiger partial charge < -0.3 is 9.80 Å². The first kappa shape index (κ1) is 14.3. The van der Waals surface area contributed by atoms with Crippen molar-refractivity contribution in [2.75, 3.05) is 13.6 Å². The molecule has 0 aromatic carbocycles. The Hall–Kier alpha value is -2.64. The Bertz CT molecular complexity index is 692. The lowest BCUT2D eigenvalue weighted by atomic mass is 10.1. The van der Waals surface area contributed by atoms with E-state index < -0.39 is 18.2 Å². The molecular weight excluding hydrogens is 284 g/mol. The number of carbonyl (C=O) groups is 2. The zero-order chi connectivity index (χ0) is 16.0. The highest BCUT2D eigenvalue weighted by Gasteiger charge is 2.49. The highest BCUT2D eigenvalue weighted by Crippen LogP contribution is 2.25. The fourth-order valence-electron chi connectivity index (χ4n) is 2.85. The molecule has 3 amide bonds. The number of hydrogen-bond donors (Lipinski definition) is 1. The van der Waals surface area contributed by atoms with Gasteiger partial charge in [0.15, 0.2) is 12.2 Å². The number of aliphatic imine (C=N–C) groups is 1. The Labute approximate surface area is 128 Å². The van der Waals surface area contributed by atoms with Crippen LogP contribution in [-0.4, -0.2) is 63.3 Å². The summed E-state index contributed by atoms with van der Waals surface area (Å²) in [6.07, 6.45) is 1.15. The zero-order valence-electron chi connectivity index (χ0n) is 12.8. The van der Waals surface area contributed by atoms with Crippen LogP contribution >= 0.6 is 0 Å². The van der Waals surface area contributed by atoms with Gasteiger partial charge in [-0.05, 0) is 19.9 Å². The Kier molecular flexibility index (Phi) is 3.23. The minimum atomic E-state index is -0.570. The van der Waals surface area contributed by atoms with Gasteiger partial charge >= 0.3 is 6.03 Å². The van der Waals surface area contributed by atoms with E-state index in [0.29, 0.717) is 12.5 Å². The van der Waals surface area contributed by atoms with E-state index in [1.807, 2.05) is 24.8 Å². The molecule has 22 heavy (non-hydrogen) atoms. The second-order valence-electron chi connectivity index (χ2n) is 5.47. The van der Waals surface area contributed by atoms with E-state index in [9.17, 15) is 9.59 Å². The SMILES string of the molecule is C=CCN1C(n2nc(C)cc2C)=NC2C1C(=O)NC(=O)N2C. The van der Waals surface area contributed by atoms with Crippen molar-refractivity contribution in [3.8, 4) is 0 Å². The third kappa shape index (κ3) is 1.99.